The van der Waals surface area contributed by atoms with E-state index in [2.05, 4.69) is 6.07 Å². The molecule has 2 rings (SSSR count). The topological polar surface area (TPSA) is 70.3 Å². The van der Waals surface area contributed by atoms with Crippen molar-refractivity contribution in [2.75, 3.05) is 0 Å². The molecule has 0 saturated heterocycles. The number of carboxylic acids is 1. The van der Waals surface area contributed by atoms with E-state index in [-0.39, 0.29) is 5.56 Å². The van der Waals surface area contributed by atoms with Crippen LogP contribution in [0.4, 0.5) is 0 Å². The Bertz CT molecular complexity index is 654. The summed E-state index contributed by atoms with van der Waals surface area (Å²) in [4.78, 5) is 10.7. The lowest BCUT2D eigenvalue weighted by Crippen LogP contribution is -1.95. The molecule has 0 fully saturated rings. The number of hydrogen-bond acceptors (Lipinski definition) is 3. The third-order valence-electron chi connectivity index (χ3n) is 2.59. The Kier molecular flexibility index (Phi) is 3.48. The van der Waals surface area contributed by atoms with Crippen molar-refractivity contribution in [1.82, 2.24) is 0 Å². The van der Waals surface area contributed by atoms with Crippen molar-refractivity contribution in [2.24, 2.45) is 0 Å². The third kappa shape index (κ3) is 2.90. The van der Waals surface area contributed by atoms with Gasteiger partial charge in [0, 0.05) is 0 Å². The van der Waals surface area contributed by atoms with Crippen LogP contribution in [-0.2, 0) is 0 Å². The van der Waals surface area contributed by atoms with Crippen molar-refractivity contribution in [3.8, 4) is 17.6 Å². The van der Waals surface area contributed by atoms with Gasteiger partial charge in [-0.2, -0.15) is 5.26 Å². The molecule has 0 radical (unpaired) electrons. The molecule has 0 aromatic heterocycles. The molecule has 4 heteroatoms. The van der Waals surface area contributed by atoms with E-state index < -0.39 is 5.97 Å². The minimum Gasteiger partial charge on any atom is -0.478 e. The molecule has 0 unspecified atom stereocenters. The fraction of sp³-hybridized carbons (Fsp3) is 0.0667. The average Bonchev–Trinajstić information content (AvgIpc) is 2.39. The Balaban J connectivity index is 2.28. The highest BCUT2D eigenvalue weighted by Crippen LogP contribution is 2.26. The number of rotatable bonds is 3. The predicted molar refractivity (Wildman–Crippen MR) is 69.4 cm³/mol. The molecule has 0 saturated carbocycles. The summed E-state index contributed by atoms with van der Waals surface area (Å²) >= 11 is 0. The molecule has 94 valence electrons. The standard InChI is InChI=1S/C15H11NO3/c1-10-2-3-12(9-16)14(8-10)19-13-6-4-11(5-7-13)15(17)18/h2-8H,1H3,(H,17,18). The SMILES string of the molecule is Cc1ccc(C#N)c(Oc2ccc(C(=O)O)cc2)c1. The smallest absolute Gasteiger partial charge is 0.335 e. The summed E-state index contributed by atoms with van der Waals surface area (Å²) in [6, 6.07) is 13.4. The zero-order chi connectivity index (χ0) is 13.8. The quantitative estimate of drug-likeness (QED) is 0.910. The molecule has 0 aliphatic rings. The van der Waals surface area contributed by atoms with Crippen LogP contribution in [-0.4, -0.2) is 11.1 Å². The molecule has 2 aromatic rings. The third-order valence-corrected chi connectivity index (χ3v) is 2.59. The van der Waals surface area contributed by atoms with Gasteiger partial charge in [0.1, 0.15) is 17.6 Å². The second kappa shape index (κ2) is 5.23. The van der Waals surface area contributed by atoms with E-state index in [1.807, 2.05) is 13.0 Å². The summed E-state index contributed by atoms with van der Waals surface area (Å²) in [5.41, 5.74) is 1.61. The average molecular weight is 253 g/mol. The number of hydrogen-bond donors (Lipinski definition) is 1. The fourth-order valence-corrected chi connectivity index (χ4v) is 1.60. The lowest BCUT2D eigenvalue weighted by molar-refractivity contribution is 0.0697. The molecule has 0 atom stereocenters. The Morgan fingerprint density at radius 2 is 1.89 bits per heavy atom. The molecule has 0 heterocycles. The first-order chi connectivity index (χ1) is 9.10. The molecular formula is C15H11NO3. The van der Waals surface area contributed by atoms with Gasteiger partial charge >= 0.3 is 5.97 Å². The van der Waals surface area contributed by atoms with Crippen LogP contribution in [0.25, 0.3) is 0 Å². The highest BCUT2D eigenvalue weighted by atomic mass is 16.5. The summed E-state index contributed by atoms with van der Waals surface area (Å²) in [5, 5.41) is 17.8. The summed E-state index contributed by atoms with van der Waals surface area (Å²) in [6.07, 6.45) is 0. The van der Waals surface area contributed by atoms with Crippen molar-refractivity contribution in [1.29, 1.82) is 5.26 Å². The maximum atomic E-state index is 10.7. The Morgan fingerprint density at radius 3 is 2.47 bits per heavy atom. The molecule has 0 amide bonds. The first-order valence-corrected chi connectivity index (χ1v) is 5.62. The number of carbonyl (C=O) groups is 1. The number of benzene rings is 2. The lowest BCUT2D eigenvalue weighted by Gasteiger charge is -2.08. The van der Waals surface area contributed by atoms with Gasteiger partial charge in [-0.15, -0.1) is 0 Å². The maximum Gasteiger partial charge on any atom is 0.335 e. The van der Waals surface area contributed by atoms with E-state index in [9.17, 15) is 4.79 Å². The summed E-state index contributed by atoms with van der Waals surface area (Å²) in [5.74, 6) is -0.0301. The van der Waals surface area contributed by atoms with Gasteiger partial charge in [-0.1, -0.05) is 6.07 Å². The van der Waals surface area contributed by atoms with Crippen molar-refractivity contribution < 1.29 is 14.6 Å². The van der Waals surface area contributed by atoms with Gasteiger partial charge in [-0.3, -0.25) is 0 Å². The van der Waals surface area contributed by atoms with E-state index in [4.69, 9.17) is 15.1 Å². The van der Waals surface area contributed by atoms with Gasteiger partial charge in [0.2, 0.25) is 0 Å². The number of nitrogens with zero attached hydrogens (tertiary/aromatic N) is 1. The van der Waals surface area contributed by atoms with Crippen molar-refractivity contribution in [3.05, 3.63) is 59.2 Å². The highest BCUT2D eigenvalue weighted by molar-refractivity contribution is 5.87. The van der Waals surface area contributed by atoms with Crippen LogP contribution >= 0.6 is 0 Å². The van der Waals surface area contributed by atoms with Crippen molar-refractivity contribution in [2.45, 2.75) is 6.92 Å². The van der Waals surface area contributed by atoms with Gasteiger partial charge in [-0.05, 0) is 48.9 Å². The molecule has 4 nitrogen and oxygen atoms in total. The predicted octanol–water partition coefficient (Wildman–Crippen LogP) is 3.36. The van der Waals surface area contributed by atoms with Crippen LogP contribution in [0.3, 0.4) is 0 Å². The molecule has 2 aromatic carbocycles. The monoisotopic (exact) mass is 253 g/mol. The molecule has 0 aliphatic carbocycles. The van der Waals surface area contributed by atoms with E-state index in [0.29, 0.717) is 17.1 Å². The van der Waals surface area contributed by atoms with Gasteiger partial charge in [0.15, 0.2) is 0 Å². The first-order valence-electron chi connectivity index (χ1n) is 5.62. The number of ether oxygens (including phenoxy) is 1. The van der Waals surface area contributed by atoms with Crippen molar-refractivity contribution >= 4 is 5.97 Å². The minimum absolute atomic E-state index is 0.192. The summed E-state index contributed by atoms with van der Waals surface area (Å²) < 4.78 is 5.60. The molecular weight excluding hydrogens is 242 g/mol. The number of nitriles is 1. The maximum absolute atomic E-state index is 10.7. The van der Waals surface area contributed by atoms with Crippen LogP contribution in [0.15, 0.2) is 42.5 Å². The highest BCUT2D eigenvalue weighted by Gasteiger charge is 2.06. The largest absolute Gasteiger partial charge is 0.478 e. The zero-order valence-corrected chi connectivity index (χ0v) is 10.3. The van der Waals surface area contributed by atoms with Gasteiger partial charge in [0.05, 0.1) is 11.1 Å². The van der Waals surface area contributed by atoms with Gasteiger partial charge in [-0.25, -0.2) is 4.79 Å². The van der Waals surface area contributed by atoms with Gasteiger partial charge < -0.3 is 9.84 Å². The summed E-state index contributed by atoms with van der Waals surface area (Å²) in [6.45, 7) is 1.90. The van der Waals surface area contributed by atoms with Gasteiger partial charge in [0.25, 0.3) is 0 Å². The Hall–Kier alpha value is -2.80. The number of aromatic carboxylic acids is 1. The fourth-order valence-electron chi connectivity index (χ4n) is 1.60. The molecule has 0 bridgehead atoms. The van der Waals surface area contributed by atoms with Crippen LogP contribution in [0.5, 0.6) is 11.5 Å². The van der Waals surface area contributed by atoms with Crippen LogP contribution in [0, 0.1) is 18.3 Å². The first kappa shape index (κ1) is 12.7. The van der Waals surface area contributed by atoms with E-state index in [1.165, 1.54) is 12.1 Å². The minimum atomic E-state index is -0.986. The lowest BCUT2D eigenvalue weighted by atomic mass is 10.1. The molecule has 19 heavy (non-hydrogen) atoms. The van der Waals surface area contributed by atoms with E-state index >= 15 is 0 Å². The molecule has 1 N–H and O–H groups in total. The Labute approximate surface area is 110 Å². The Morgan fingerprint density at radius 1 is 1.21 bits per heavy atom. The van der Waals surface area contributed by atoms with Crippen LogP contribution < -0.4 is 4.74 Å². The normalized spacial score (nSPS) is 9.68. The van der Waals surface area contributed by atoms with E-state index in [1.54, 1.807) is 24.3 Å². The zero-order valence-electron chi connectivity index (χ0n) is 10.3. The van der Waals surface area contributed by atoms with E-state index in [0.717, 1.165) is 5.56 Å². The number of aryl methyl sites for hydroxylation is 1. The van der Waals surface area contributed by atoms with Crippen LogP contribution in [0.1, 0.15) is 21.5 Å². The number of carboxylic acid groups (broad SMARTS) is 1. The second-order valence-corrected chi connectivity index (χ2v) is 4.04. The molecule has 0 spiro atoms. The molecule has 0 aliphatic heterocycles. The van der Waals surface area contributed by atoms with Crippen LogP contribution in [0.2, 0.25) is 0 Å². The second-order valence-electron chi connectivity index (χ2n) is 4.04. The summed E-state index contributed by atoms with van der Waals surface area (Å²) in [7, 11) is 0. The van der Waals surface area contributed by atoms with Crippen molar-refractivity contribution in [3.63, 3.8) is 0 Å².